The number of alkyl carbamates (subject to hydrolysis) is 1. The Hall–Kier alpha value is -3.63. The van der Waals surface area contributed by atoms with Crippen LogP contribution in [0.2, 0.25) is 5.02 Å². The number of aliphatic hydroxyl groups excluding tert-OH is 1. The lowest BCUT2D eigenvalue weighted by Crippen LogP contribution is -2.56. The van der Waals surface area contributed by atoms with E-state index in [0.717, 1.165) is 56.1 Å². The highest BCUT2D eigenvalue weighted by molar-refractivity contribution is 6.30. The third kappa shape index (κ3) is 10.4. The Morgan fingerprint density at radius 2 is 1.69 bits per heavy atom. The van der Waals surface area contributed by atoms with Crippen LogP contribution in [-0.4, -0.2) is 58.7 Å². The molecule has 3 aliphatic rings. The lowest BCUT2D eigenvalue weighted by Gasteiger charge is -2.30. The van der Waals surface area contributed by atoms with Crippen LogP contribution in [0.25, 0.3) is 0 Å². The fourth-order valence-electron chi connectivity index (χ4n) is 7.01. The highest BCUT2D eigenvalue weighted by atomic mass is 35.5. The van der Waals surface area contributed by atoms with Crippen LogP contribution >= 0.6 is 11.6 Å². The molecule has 5 rings (SSSR count). The van der Waals surface area contributed by atoms with Crippen LogP contribution in [0.4, 0.5) is 4.79 Å². The SMILES string of the molecule is CC1(C)CC(CC(NC(=O)C(CC2CCCCC2)NC(=O)OC(Cc2cccc(Cl)c2)c2ccccc2)C(O)C(=O)NC2CC2)C(=O)N1. The van der Waals surface area contributed by atoms with Crippen LogP contribution in [0.3, 0.4) is 0 Å². The number of aliphatic hydroxyl groups is 1. The molecule has 2 aromatic rings. The van der Waals surface area contributed by atoms with Crippen LogP contribution in [0.5, 0.6) is 0 Å². The Morgan fingerprint density at radius 3 is 2.33 bits per heavy atom. The zero-order valence-corrected chi connectivity index (χ0v) is 28.6. The lowest BCUT2D eigenvalue weighted by atomic mass is 9.84. The summed E-state index contributed by atoms with van der Waals surface area (Å²) in [6, 6.07) is 14.8. The van der Waals surface area contributed by atoms with Crippen molar-refractivity contribution in [2.45, 2.75) is 120 Å². The average Bonchev–Trinajstić information content (AvgIpc) is 3.83. The molecule has 2 saturated carbocycles. The fraction of sp³-hybridized carbons (Fsp3) is 0.568. The van der Waals surface area contributed by atoms with Crippen molar-refractivity contribution in [2.24, 2.45) is 11.8 Å². The van der Waals surface area contributed by atoms with Gasteiger partial charge in [-0.3, -0.25) is 14.4 Å². The van der Waals surface area contributed by atoms with E-state index in [1.807, 2.05) is 62.4 Å². The van der Waals surface area contributed by atoms with E-state index in [4.69, 9.17) is 16.3 Å². The number of ether oxygens (including phenoxy) is 1. The predicted molar refractivity (Wildman–Crippen MR) is 183 cm³/mol. The summed E-state index contributed by atoms with van der Waals surface area (Å²) in [5, 5.41) is 23.2. The maximum absolute atomic E-state index is 14.1. The maximum Gasteiger partial charge on any atom is 0.408 e. The van der Waals surface area contributed by atoms with Gasteiger partial charge in [-0.05, 0) is 75.1 Å². The van der Waals surface area contributed by atoms with Crippen molar-refractivity contribution >= 4 is 35.4 Å². The number of nitrogens with one attached hydrogen (secondary N) is 4. The summed E-state index contributed by atoms with van der Waals surface area (Å²) in [6.45, 7) is 3.83. The monoisotopic (exact) mass is 680 g/mol. The number of benzene rings is 2. The minimum atomic E-state index is -1.56. The maximum atomic E-state index is 14.1. The molecule has 1 aliphatic heterocycles. The van der Waals surface area contributed by atoms with Crippen molar-refractivity contribution in [3.8, 4) is 0 Å². The molecule has 0 aromatic heterocycles. The number of amides is 4. The lowest BCUT2D eigenvalue weighted by molar-refractivity contribution is -0.134. The van der Waals surface area contributed by atoms with Gasteiger partial charge in [0.25, 0.3) is 5.91 Å². The van der Waals surface area contributed by atoms with Gasteiger partial charge in [-0.1, -0.05) is 86.2 Å². The number of halogens is 1. The molecule has 1 heterocycles. The van der Waals surface area contributed by atoms with Crippen molar-refractivity contribution in [3.05, 3.63) is 70.7 Å². The van der Waals surface area contributed by atoms with Gasteiger partial charge in [0, 0.05) is 28.9 Å². The van der Waals surface area contributed by atoms with E-state index in [0.29, 0.717) is 24.3 Å². The summed E-state index contributed by atoms with van der Waals surface area (Å²) in [5.41, 5.74) is 1.25. The van der Waals surface area contributed by atoms with E-state index < -0.39 is 53.7 Å². The van der Waals surface area contributed by atoms with Crippen molar-refractivity contribution < 1.29 is 29.0 Å². The van der Waals surface area contributed by atoms with Gasteiger partial charge in [-0.15, -0.1) is 0 Å². The van der Waals surface area contributed by atoms with Gasteiger partial charge in [0.1, 0.15) is 12.1 Å². The van der Waals surface area contributed by atoms with E-state index in [-0.39, 0.29) is 24.3 Å². The smallest absolute Gasteiger partial charge is 0.408 e. The van der Waals surface area contributed by atoms with E-state index in [1.54, 1.807) is 6.07 Å². The molecule has 2 aromatic carbocycles. The minimum Gasteiger partial charge on any atom is -0.441 e. The molecule has 10 nitrogen and oxygen atoms in total. The molecule has 0 bridgehead atoms. The van der Waals surface area contributed by atoms with Crippen LogP contribution in [0.15, 0.2) is 54.6 Å². The summed E-state index contributed by atoms with van der Waals surface area (Å²) in [7, 11) is 0. The number of carbonyl (C=O) groups excluding carboxylic acids is 4. The van der Waals surface area contributed by atoms with E-state index >= 15 is 0 Å². The molecular weight excluding hydrogens is 632 g/mol. The van der Waals surface area contributed by atoms with Crippen LogP contribution in [0, 0.1) is 11.8 Å². The Morgan fingerprint density at radius 1 is 0.958 bits per heavy atom. The summed E-state index contributed by atoms with van der Waals surface area (Å²) in [4.78, 5) is 53.4. The Labute approximate surface area is 288 Å². The first-order chi connectivity index (χ1) is 23.0. The highest BCUT2D eigenvalue weighted by Gasteiger charge is 2.42. The van der Waals surface area contributed by atoms with E-state index in [1.165, 1.54) is 0 Å². The molecular formula is C37H49ClN4O6. The molecule has 11 heteroatoms. The quantitative estimate of drug-likeness (QED) is 0.187. The Kier molecular flexibility index (Phi) is 12.0. The molecule has 5 N–H and O–H groups in total. The molecule has 48 heavy (non-hydrogen) atoms. The second kappa shape index (κ2) is 16.2. The molecule has 5 atom stereocenters. The molecule has 3 fully saturated rings. The average molecular weight is 681 g/mol. The number of carbonyl (C=O) groups is 4. The Balaban J connectivity index is 1.33. The van der Waals surface area contributed by atoms with Crippen molar-refractivity contribution in [2.75, 3.05) is 0 Å². The topological polar surface area (TPSA) is 146 Å². The zero-order valence-electron chi connectivity index (χ0n) is 27.9. The van der Waals surface area contributed by atoms with Gasteiger partial charge in [0.05, 0.1) is 6.04 Å². The van der Waals surface area contributed by atoms with Gasteiger partial charge in [0.2, 0.25) is 11.8 Å². The second-order valence-electron chi connectivity index (χ2n) is 14.4. The molecule has 260 valence electrons. The van der Waals surface area contributed by atoms with Crippen molar-refractivity contribution in [1.82, 2.24) is 21.3 Å². The molecule has 1 saturated heterocycles. The highest BCUT2D eigenvalue weighted by Crippen LogP contribution is 2.31. The summed E-state index contributed by atoms with van der Waals surface area (Å²) in [6.07, 6.45) is 5.18. The molecule has 2 aliphatic carbocycles. The summed E-state index contributed by atoms with van der Waals surface area (Å²) >= 11 is 6.23. The number of rotatable bonds is 14. The number of hydrogen-bond donors (Lipinski definition) is 5. The Bertz CT molecular complexity index is 1430. The molecule has 5 unspecified atom stereocenters. The number of hydrogen-bond acceptors (Lipinski definition) is 6. The molecule has 0 spiro atoms. The second-order valence-corrected chi connectivity index (χ2v) is 14.9. The fourth-order valence-corrected chi connectivity index (χ4v) is 7.22. The van der Waals surface area contributed by atoms with Crippen LogP contribution in [0.1, 0.15) is 95.3 Å². The van der Waals surface area contributed by atoms with Gasteiger partial charge >= 0.3 is 6.09 Å². The van der Waals surface area contributed by atoms with Gasteiger partial charge in [0.15, 0.2) is 6.10 Å². The van der Waals surface area contributed by atoms with Gasteiger partial charge < -0.3 is 31.1 Å². The minimum absolute atomic E-state index is 0.0113. The predicted octanol–water partition coefficient (Wildman–Crippen LogP) is 5.12. The van der Waals surface area contributed by atoms with Gasteiger partial charge in [-0.25, -0.2) is 4.79 Å². The third-order valence-electron chi connectivity index (χ3n) is 9.66. The third-order valence-corrected chi connectivity index (χ3v) is 9.90. The summed E-state index contributed by atoms with van der Waals surface area (Å²) in [5.74, 6) is -1.57. The van der Waals surface area contributed by atoms with Crippen molar-refractivity contribution in [3.63, 3.8) is 0 Å². The van der Waals surface area contributed by atoms with Crippen molar-refractivity contribution in [1.29, 1.82) is 0 Å². The van der Waals surface area contributed by atoms with Crippen LogP contribution in [-0.2, 0) is 25.5 Å². The van der Waals surface area contributed by atoms with E-state index in [2.05, 4.69) is 21.3 Å². The van der Waals surface area contributed by atoms with E-state index in [9.17, 15) is 24.3 Å². The molecule has 0 radical (unpaired) electrons. The zero-order chi connectivity index (χ0) is 34.3. The van der Waals surface area contributed by atoms with Crippen LogP contribution < -0.4 is 21.3 Å². The summed E-state index contributed by atoms with van der Waals surface area (Å²) < 4.78 is 6.00. The first kappa shape index (κ1) is 35.7. The first-order valence-corrected chi connectivity index (χ1v) is 17.7. The molecule has 4 amide bonds. The standard InChI is InChI=1S/C37H49ClN4O6/c1-37(2)22-26(33(44)42-37)21-29(32(43)35(46)39-28-16-17-28)40-34(45)30(19-23-10-5-3-6-11-23)41-36(47)48-31(25-13-7-4-8-14-25)20-24-12-9-15-27(38)18-24/h4,7-9,12-15,18,23,26,28-32,43H,3,5-6,10-11,16-17,19-22H2,1-2H3,(H,39,46)(H,40,45)(H,41,47)(H,42,44). The van der Waals surface area contributed by atoms with Gasteiger partial charge in [-0.2, -0.15) is 0 Å². The largest absolute Gasteiger partial charge is 0.441 e. The normalized spacial score (nSPS) is 21.7. The first-order valence-electron chi connectivity index (χ1n) is 17.3.